The van der Waals surface area contributed by atoms with Crippen molar-refractivity contribution in [2.24, 2.45) is 0 Å². The second-order valence-electron chi connectivity index (χ2n) is 4.86. The molecule has 8 nitrogen and oxygen atoms in total. The maximum absolute atomic E-state index is 12.1. The van der Waals surface area contributed by atoms with Crippen LogP contribution in [0, 0.1) is 6.92 Å². The van der Waals surface area contributed by atoms with E-state index in [1.165, 1.54) is 6.07 Å². The van der Waals surface area contributed by atoms with Crippen molar-refractivity contribution in [3.8, 4) is 0 Å². The van der Waals surface area contributed by atoms with Crippen LogP contribution in [0.15, 0.2) is 15.7 Å². The number of aromatic amines is 2. The van der Waals surface area contributed by atoms with Gasteiger partial charge in [0.2, 0.25) is 0 Å². The van der Waals surface area contributed by atoms with Crippen LogP contribution in [0.4, 0.5) is 0 Å². The zero-order valence-electron chi connectivity index (χ0n) is 12.9. The minimum Gasteiger partial charge on any atom is -0.349 e. The molecule has 2 aromatic rings. The smallest absolute Gasteiger partial charge is 0.327 e. The molecule has 2 aromatic heterocycles. The van der Waals surface area contributed by atoms with Gasteiger partial charge >= 0.3 is 5.69 Å². The first-order valence-corrected chi connectivity index (χ1v) is 6.51. The van der Waals surface area contributed by atoms with E-state index in [0.29, 0.717) is 12.1 Å². The molecule has 2 heterocycles. The fourth-order valence-corrected chi connectivity index (χ4v) is 1.91. The molecule has 2 rings (SSSR count). The first kappa shape index (κ1) is 21.1. The normalized spacial score (nSPS) is 11.3. The Morgan fingerprint density at radius 1 is 1.30 bits per heavy atom. The molecule has 1 unspecified atom stereocenters. The molecule has 10 heteroatoms. The highest BCUT2D eigenvalue weighted by molar-refractivity contribution is 5.95. The molecule has 128 valence electrons. The molecule has 0 fully saturated rings. The largest absolute Gasteiger partial charge is 0.349 e. The van der Waals surface area contributed by atoms with Crippen LogP contribution in [0.5, 0.6) is 0 Å². The molecule has 0 aliphatic carbocycles. The summed E-state index contributed by atoms with van der Waals surface area (Å²) in [4.78, 5) is 43.7. The molecule has 0 saturated heterocycles. The van der Waals surface area contributed by atoms with Crippen molar-refractivity contribution in [2.75, 3.05) is 13.6 Å². The van der Waals surface area contributed by atoms with E-state index in [4.69, 9.17) is 0 Å². The van der Waals surface area contributed by atoms with Gasteiger partial charge < -0.3 is 10.6 Å². The molecular weight excluding hydrogens is 345 g/mol. The second-order valence-corrected chi connectivity index (χ2v) is 4.86. The van der Waals surface area contributed by atoms with Gasteiger partial charge in [-0.2, -0.15) is 0 Å². The standard InChI is InChI=1S/C13H17N5O3.2ClH/c1-6-4-8(11(19)15-5-7(2)14-3)16-10-9(6)12(20)18-13(21)17-10;;/h4,7,14H,5H2,1-3H3,(H,15,19)(H2,16,17,18,20,21);2*1H. The number of likely N-dealkylation sites (N-methyl/N-ethyl adjacent to an activating group) is 1. The third-order valence-corrected chi connectivity index (χ3v) is 3.20. The Labute approximate surface area is 144 Å². The predicted octanol–water partition coefficient (Wildman–Crippen LogP) is 0.101. The molecule has 1 amide bonds. The molecular formula is C13H19Cl2N5O3. The number of amides is 1. The summed E-state index contributed by atoms with van der Waals surface area (Å²) in [5.74, 6) is -0.358. The van der Waals surface area contributed by atoms with Crippen LogP contribution >= 0.6 is 24.8 Å². The monoisotopic (exact) mass is 363 g/mol. The maximum atomic E-state index is 12.1. The van der Waals surface area contributed by atoms with Crippen LogP contribution in [-0.2, 0) is 0 Å². The molecule has 0 aliphatic heterocycles. The number of aryl methyl sites for hydroxylation is 1. The van der Waals surface area contributed by atoms with Crippen LogP contribution in [0.25, 0.3) is 11.0 Å². The van der Waals surface area contributed by atoms with Crippen molar-refractivity contribution in [2.45, 2.75) is 19.9 Å². The van der Waals surface area contributed by atoms with Gasteiger partial charge in [0.1, 0.15) is 11.3 Å². The van der Waals surface area contributed by atoms with Crippen LogP contribution in [-0.4, -0.2) is 40.5 Å². The van der Waals surface area contributed by atoms with Crippen molar-refractivity contribution in [1.29, 1.82) is 0 Å². The van der Waals surface area contributed by atoms with Gasteiger partial charge in [-0.3, -0.25) is 19.6 Å². The van der Waals surface area contributed by atoms with Gasteiger partial charge in [-0.1, -0.05) is 0 Å². The van der Waals surface area contributed by atoms with E-state index >= 15 is 0 Å². The lowest BCUT2D eigenvalue weighted by molar-refractivity contribution is 0.0946. The highest BCUT2D eigenvalue weighted by atomic mass is 35.5. The number of pyridine rings is 1. The number of rotatable bonds is 4. The molecule has 23 heavy (non-hydrogen) atoms. The Morgan fingerprint density at radius 3 is 2.57 bits per heavy atom. The number of halogens is 2. The molecule has 0 radical (unpaired) electrons. The summed E-state index contributed by atoms with van der Waals surface area (Å²) in [5.41, 5.74) is -0.334. The fourth-order valence-electron chi connectivity index (χ4n) is 1.91. The highest BCUT2D eigenvalue weighted by Gasteiger charge is 2.13. The van der Waals surface area contributed by atoms with E-state index < -0.39 is 11.2 Å². The van der Waals surface area contributed by atoms with Gasteiger partial charge in [-0.15, -0.1) is 24.8 Å². The van der Waals surface area contributed by atoms with Gasteiger partial charge in [-0.25, -0.2) is 9.78 Å². The molecule has 4 N–H and O–H groups in total. The zero-order chi connectivity index (χ0) is 15.6. The van der Waals surface area contributed by atoms with Gasteiger partial charge in [0, 0.05) is 12.6 Å². The summed E-state index contributed by atoms with van der Waals surface area (Å²) in [5, 5.41) is 6.00. The Morgan fingerprint density at radius 2 is 1.96 bits per heavy atom. The number of H-pyrrole nitrogens is 2. The van der Waals surface area contributed by atoms with Crippen LogP contribution in [0.3, 0.4) is 0 Å². The third kappa shape index (κ3) is 4.78. The minimum atomic E-state index is -0.652. The first-order chi connectivity index (χ1) is 9.92. The van der Waals surface area contributed by atoms with Crippen molar-refractivity contribution >= 4 is 41.8 Å². The predicted molar refractivity (Wildman–Crippen MR) is 93.1 cm³/mol. The van der Waals surface area contributed by atoms with Gasteiger partial charge in [0.15, 0.2) is 0 Å². The average Bonchev–Trinajstić information content (AvgIpc) is 2.42. The Balaban J connectivity index is 0.00000242. The van der Waals surface area contributed by atoms with E-state index in [1.807, 2.05) is 6.92 Å². The van der Waals surface area contributed by atoms with Crippen LogP contribution in [0.2, 0.25) is 0 Å². The average molecular weight is 364 g/mol. The fraction of sp³-hybridized carbons (Fsp3) is 0.385. The summed E-state index contributed by atoms with van der Waals surface area (Å²) >= 11 is 0. The number of carbonyl (C=O) groups excluding carboxylic acids is 1. The topological polar surface area (TPSA) is 120 Å². The lowest BCUT2D eigenvalue weighted by atomic mass is 10.1. The van der Waals surface area contributed by atoms with Crippen LogP contribution < -0.4 is 21.9 Å². The quantitative estimate of drug-likeness (QED) is 0.614. The van der Waals surface area contributed by atoms with Crippen molar-refractivity contribution < 1.29 is 4.79 Å². The Kier molecular flexibility index (Phi) is 7.94. The van der Waals surface area contributed by atoms with Crippen molar-refractivity contribution in [3.05, 3.63) is 38.2 Å². The van der Waals surface area contributed by atoms with Crippen molar-refractivity contribution in [3.63, 3.8) is 0 Å². The summed E-state index contributed by atoms with van der Waals surface area (Å²) < 4.78 is 0. The number of fused-ring (bicyclic) bond motifs is 1. The zero-order valence-corrected chi connectivity index (χ0v) is 14.5. The number of nitrogens with zero attached hydrogens (tertiary/aromatic N) is 1. The Bertz CT molecular complexity index is 802. The van der Waals surface area contributed by atoms with E-state index in [-0.39, 0.29) is 53.5 Å². The molecule has 0 bridgehead atoms. The first-order valence-electron chi connectivity index (χ1n) is 6.51. The van der Waals surface area contributed by atoms with E-state index in [9.17, 15) is 14.4 Å². The lowest BCUT2D eigenvalue weighted by Gasteiger charge is -2.11. The highest BCUT2D eigenvalue weighted by Crippen LogP contribution is 2.10. The number of carbonyl (C=O) groups is 1. The summed E-state index contributed by atoms with van der Waals surface area (Å²) in [6, 6.07) is 1.65. The number of aromatic nitrogens is 3. The molecule has 0 aliphatic rings. The molecule has 0 aromatic carbocycles. The van der Waals surface area contributed by atoms with E-state index in [0.717, 1.165) is 0 Å². The number of nitrogens with one attached hydrogen (secondary N) is 4. The number of hydrogen-bond donors (Lipinski definition) is 4. The van der Waals surface area contributed by atoms with Crippen molar-refractivity contribution in [1.82, 2.24) is 25.6 Å². The molecule has 0 spiro atoms. The lowest BCUT2D eigenvalue weighted by Crippen LogP contribution is -2.37. The summed E-state index contributed by atoms with van der Waals surface area (Å²) in [6.07, 6.45) is 0. The van der Waals surface area contributed by atoms with E-state index in [1.54, 1.807) is 14.0 Å². The minimum absolute atomic E-state index is 0. The summed E-state index contributed by atoms with van der Waals surface area (Å²) in [7, 11) is 1.80. The van der Waals surface area contributed by atoms with Gasteiger partial charge in [0.25, 0.3) is 11.5 Å². The molecule has 0 saturated carbocycles. The van der Waals surface area contributed by atoms with Gasteiger partial charge in [0.05, 0.1) is 5.39 Å². The second kappa shape index (κ2) is 8.66. The van der Waals surface area contributed by atoms with Crippen LogP contribution in [0.1, 0.15) is 23.0 Å². The SMILES string of the molecule is CNC(C)CNC(=O)c1cc(C)c2c(=O)[nH]c(=O)[nH]c2n1.Cl.Cl. The van der Waals surface area contributed by atoms with E-state index in [2.05, 4.69) is 25.6 Å². The number of hydrogen-bond acceptors (Lipinski definition) is 5. The summed E-state index contributed by atoms with van der Waals surface area (Å²) in [6.45, 7) is 4.06. The third-order valence-electron chi connectivity index (χ3n) is 3.20. The maximum Gasteiger partial charge on any atom is 0.327 e. The Hall–Kier alpha value is -1.90. The molecule has 1 atom stereocenters. The van der Waals surface area contributed by atoms with Gasteiger partial charge in [-0.05, 0) is 32.5 Å².